The van der Waals surface area contributed by atoms with Crippen molar-refractivity contribution in [2.24, 2.45) is 0 Å². The molecule has 2 aromatic heterocycles. The van der Waals surface area contributed by atoms with E-state index in [9.17, 15) is 9.18 Å². The number of nitrogens with zero attached hydrogens (tertiary/aromatic N) is 4. The van der Waals surface area contributed by atoms with Crippen molar-refractivity contribution in [1.29, 1.82) is 0 Å². The molecule has 1 amide bonds. The van der Waals surface area contributed by atoms with Crippen LogP contribution >= 0.6 is 11.6 Å². The second-order valence-corrected chi connectivity index (χ2v) is 7.37. The fourth-order valence-corrected chi connectivity index (χ4v) is 3.52. The van der Waals surface area contributed by atoms with E-state index in [0.29, 0.717) is 35.4 Å². The summed E-state index contributed by atoms with van der Waals surface area (Å²) in [6.07, 6.45) is 0. The predicted molar refractivity (Wildman–Crippen MR) is 118 cm³/mol. The van der Waals surface area contributed by atoms with Gasteiger partial charge in [-0.25, -0.2) is 19.0 Å². The van der Waals surface area contributed by atoms with E-state index in [1.807, 2.05) is 25.1 Å². The lowest BCUT2D eigenvalue weighted by atomic mass is 10.2. The van der Waals surface area contributed by atoms with Crippen LogP contribution < -0.4 is 10.6 Å². The quantitative estimate of drug-likeness (QED) is 0.443. The summed E-state index contributed by atoms with van der Waals surface area (Å²) in [5.74, 6) is 0.411. The molecule has 0 fully saturated rings. The highest BCUT2D eigenvalue weighted by Crippen LogP contribution is 2.28. The highest BCUT2D eigenvalue weighted by molar-refractivity contribution is 6.32. The van der Waals surface area contributed by atoms with Crippen molar-refractivity contribution in [2.45, 2.75) is 13.8 Å². The summed E-state index contributed by atoms with van der Waals surface area (Å²) >= 11 is 6.36. The van der Waals surface area contributed by atoms with Crippen LogP contribution in [0.5, 0.6) is 0 Å². The molecule has 2 aromatic carbocycles. The maximum Gasteiger partial charge on any atom is 0.251 e. The average molecular weight is 439 g/mol. The van der Waals surface area contributed by atoms with E-state index in [1.165, 1.54) is 18.2 Å². The maximum absolute atomic E-state index is 13.3. The van der Waals surface area contributed by atoms with E-state index in [2.05, 4.69) is 25.7 Å². The van der Waals surface area contributed by atoms with Crippen LogP contribution in [-0.4, -0.2) is 38.7 Å². The fraction of sp³-hybridized carbons (Fsp3) is 0.182. The van der Waals surface area contributed by atoms with Crippen LogP contribution in [0.2, 0.25) is 5.02 Å². The minimum Gasteiger partial charge on any atom is -0.368 e. The Kier molecular flexibility index (Phi) is 5.81. The zero-order valence-electron chi connectivity index (χ0n) is 17.0. The summed E-state index contributed by atoms with van der Waals surface area (Å²) in [5, 5.41) is 12.0. The SMILES string of the molecule is Cc1nc(NCCNC(=O)c2cccc(F)c2)c2c(C)nn(-c3ccccc3Cl)c2n1. The van der Waals surface area contributed by atoms with E-state index in [4.69, 9.17) is 11.6 Å². The summed E-state index contributed by atoms with van der Waals surface area (Å²) in [5.41, 5.74) is 2.40. The summed E-state index contributed by atoms with van der Waals surface area (Å²) in [6.45, 7) is 4.43. The Morgan fingerprint density at radius 2 is 1.90 bits per heavy atom. The van der Waals surface area contributed by atoms with Crippen LogP contribution in [0.4, 0.5) is 10.2 Å². The second-order valence-electron chi connectivity index (χ2n) is 6.96. The van der Waals surface area contributed by atoms with Gasteiger partial charge in [0.1, 0.15) is 17.5 Å². The molecule has 0 saturated heterocycles. The van der Waals surface area contributed by atoms with E-state index in [-0.39, 0.29) is 11.5 Å². The molecule has 9 heteroatoms. The molecular formula is C22H20ClFN6O. The molecule has 158 valence electrons. The number of aryl methyl sites for hydroxylation is 2. The first kappa shape index (κ1) is 20.7. The summed E-state index contributed by atoms with van der Waals surface area (Å²) in [6, 6.07) is 13.0. The van der Waals surface area contributed by atoms with Crippen LogP contribution in [0.1, 0.15) is 21.9 Å². The smallest absolute Gasteiger partial charge is 0.251 e. The highest BCUT2D eigenvalue weighted by Gasteiger charge is 2.17. The van der Waals surface area contributed by atoms with E-state index < -0.39 is 5.82 Å². The van der Waals surface area contributed by atoms with Gasteiger partial charge in [0.05, 0.1) is 21.8 Å². The molecule has 0 bridgehead atoms. The van der Waals surface area contributed by atoms with Gasteiger partial charge in [-0.1, -0.05) is 29.8 Å². The number of amides is 1. The Morgan fingerprint density at radius 3 is 2.68 bits per heavy atom. The Hall–Kier alpha value is -3.52. The average Bonchev–Trinajstić information content (AvgIpc) is 3.07. The molecule has 31 heavy (non-hydrogen) atoms. The molecular weight excluding hydrogens is 419 g/mol. The Bertz CT molecular complexity index is 1270. The van der Waals surface area contributed by atoms with Crippen LogP contribution in [0.3, 0.4) is 0 Å². The standard InChI is InChI=1S/C22H20ClFN6O/c1-13-19-20(25-10-11-26-22(31)15-6-5-7-16(24)12-15)27-14(2)28-21(19)30(29-13)18-9-4-3-8-17(18)23/h3-9,12H,10-11H2,1-2H3,(H,26,31)(H,25,27,28). The third-order valence-corrected chi connectivity index (χ3v) is 5.00. The van der Waals surface area contributed by atoms with Crippen molar-refractivity contribution in [3.63, 3.8) is 0 Å². The van der Waals surface area contributed by atoms with Gasteiger partial charge in [0.15, 0.2) is 5.65 Å². The van der Waals surface area contributed by atoms with Crippen LogP contribution in [-0.2, 0) is 0 Å². The molecule has 0 unspecified atom stereocenters. The van der Waals surface area contributed by atoms with E-state index >= 15 is 0 Å². The van der Waals surface area contributed by atoms with Crippen molar-refractivity contribution in [2.75, 3.05) is 18.4 Å². The number of nitrogens with one attached hydrogen (secondary N) is 2. The van der Waals surface area contributed by atoms with Crippen LogP contribution in [0, 0.1) is 19.7 Å². The lowest BCUT2D eigenvalue weighted by Gasteiger charge is -2.10. The zero-order chi connectivity index (χ0) is 22.0. The molecule has 7 nitrogen and oxygen atoms in total. The number of aromatic nitrogens is 4. The number of halogens is 2. The largest absolute Gasteiger partial charge is 0.368 e. The number of carbonyl (C=O) groups excluding carboxylic acids is 1. The number of carbonyl (C=O) groups is 1. The lowest BCUT2D eigenvalue weighted by molar-refractivity contribution is 0.0954. The number of fused-ring (bicyclic) bond motifs is 1. The van der Waals surface area contributed by atoms with E-state index in [1.54, 1.807) is 23.7 Å². The Morgan fingerprint density at radius 1 is 1.10 bits per heavy atom. The topological polar surface area (TPSA) is 84.7 Å². The molecule has 0 aliphatic heterocycles. The van der Waals surface area contributed by atoms with Crippen molar-refractivity contribution in [3.05, 3.63) is 76.5 Å². The molecule has 0 aliphatic rings. The van der Waals surface area contributed by atoms with Gasteiger partial charge in [-0.05, 0) is 44.2 Å². The van der Waals surface area contributed by atoms with E-state index in [0.717, 1.165) is 16.8 Å². The van der Waals surface area contributed by atoms with Crippen LogP contribution in [0.15, 0.2) is 48.5 Å². The first-order valence-corrected chi connectivity index (χ1v) is 10.1. The number of hydrogen-bond donors (Lipinski definition) is 2. The number of rotatable bonds is 6. The van der Waals surface area contributed by atoms with Gasteiger partial charge in [-0.15, -0.1) is 0 Å². The predicted octanol–water partition coefficient (Wildman–Crippen LogP) is 4.07. The Labute approximate surface area is 183 Å². The highest BCUT2D eigenvalue weighted by atomic mass is 35.5. The molecule has 0 spiro atoms. The van der Waals surface area contributed by atoms with Crippen LogP contribution in [0.25, 0.3) is 16.7 Å². The van der Waals surface area contributed by atoms with Gasteiger partial charge in [0.25, 0.3) is 5.91 Å². The first-order chi connectivity index (χ1) is 14.9. The monoisotopic (exact) mass is 438 g/mol. The number of benzene rings is 2. The third kappa shape index (κ3) is 4.34. The molecule has 4 rings (SSSR count). The van der Waals surface area contributed by atoms with Gasteiger partial charge in [-0.2, -0.15) is 5.10 Å². The zero-order valence-corrected chi connectivity index (χ0v) is 17.7. The molecule has 2 N–H and O–H groups in total. The van der Waals surface area contributed by atoms with Gasteiger partial charge >= 0.3 is 0 Å². The number of anilines is 1. The minimum atomic E-state index is -0.448. The number of para-hydroxylation sites is 1. The third-order valence-electron chi connectivity index (χ3n) is 4.68. The fourth-order valence-electron chi connectivity index (χ4n) is 3.30. The maximum atomic E-state index is 13.3. The Balaban J connectivity index is 1.53. The summed E-state index contributed by atoms with van der Waals surface area (Å²) in [4.78, 5) is 21.2. The van der Waals surface area contributed by atoms with Crippen molar-refractivity contribution >= 4 is 34.4 Å². The molecule has 4 aromatic rings. The summed E-state index contributed by atoms with van der Waals surface area (Å²) < 4.78 is 15.0. The molecule has 0 saturated carbocycles. The van der Waals surface area contributed by atoms with Crippen molar-refractivity contribution < 1.29 is 9.18 Å². The molecule has 0 atom stereocenters. The number of hydrogen-bond acceptors (Lipinski definition) is 5. The van der Waals surface area contributed by atoms with Gasteiger partial charge in [-0.3, -0.25) is 4.79 Å². The molecule has 2 heterocycles. The summed E-state index contributed by atoms with van der Waals surface area (Å²) in [7, 11) is 0. The molecule has 0 aliphatic carbocycles. The van der Waals surface area contributed by atoms with Gasteiger partial charge in [0.2, 0.25) is 0 Å². The van der Waals surface area contributed by atoms with Gasteiger partial charge in [0, 0.05) is 18.7 Å². The first-order valence-electron chi connectivity index (χ1n) is 9.70. The molecule has 0 radical (unpaired) electrons. The second kappa shape index (κ2) is 8.69. The normalized spacial score (nSPS) is 11.0. The van der Waals surface area contributed by atoms with Gasteiger partial charge < -0.3 is 10.6 Å². The van der Waals surface area contributed by atoms with Crippen molar-refractivity contribution in [1.82, 2.24) is 25.1 Å². The van der Waals surface area contributed by atoms with Crippen molar-refractivity contribution in [3.8, 4) is 5.69 Å². The lowest BCUT2D eigenvalue weighted by Crippen LogP contribution is -2.29. The minimum absolute atomic E-state index is 0.275.